The van der Waals surface area contributed by atoms with Crippen LogP contribution in [-0.4, -0.2) is 11.9 Å². The molecule has 20 heavy (non-hydrogen) atoms. The molecule has 0 radical (unpaired) electrons. The molecular weight excluding hydrogens is 250 g/mol. The number of hydrogen-bond donors (Lipinski definition) is 2. The van der Waals surface area contributed by atoms with Gasteiger partial charge in [0.15, 0.2) is 5.96 Å². The number of nitrogens with two attached hydrogens (primary N) is 2. The molecule has 0 aromatic heterocycles. The first-order valence-electron chi connectivity index (χ1n) is 7.26. The minimum absolute atomic E-state index is 0.0438. The monoisotopic (exact) mass is 271 g/mol. The molecule has 1 amide bonds. The van der Waals surface area contributed by atoms with E-state index in [0.29, 0.717) is 11.8 Å². The summed E-state index contributed by atoms with van der Waals surface area (Å²) in [6, 6.07) is 8.48. The third-order valence-corrected chi connectivity index (χ3v) is 4.87. The van der Waals surface area contributed by atoms with Crippen LogP contribution in [0.2, 0.25) is 0 Å². The number of aryl methyl sites for hydroxylation is 1. The van der Waals surface area contributed by atoms with Gasteiger partial charge in [-0.25, -0.2) is 0 Å². The van der Waals surface area contributed by atoms with Crippen molar-refractivity contribution < 1.29 is 4.79 Å². The summed E-state index contributed by atoms with van der Waals surface area (Å²) in [5.74, 6) is 1.03. The van der Waals surface area contributed by atoms with Gasteiger partial charge in [-0.2, -0.15) is 4.99 Å². The van der Waals surface area contributed by atoms with E-state index in [4.69, 9.17) is 11.5 Å². The van der Waals surface area contributed by atoms with Crippen LogP contribution in [-0.2, 0) is 4.79 Å². The van der Waals surface area contributed by atoms with E-state index in [-0.39, 0.29) is 23.7 Å². The third-order valence-electron chi connectivity index (χ3n) is 4.87. The summed E-state index contributed by atoms with van der Waals surface area (Å²) >= 11 is 0. The molecule has 2 fully saturated rings. The topological polar surface area (TPSA) is 81.5 Å². The van der Waals surface area contributed by atoms with Gasteiger partial charge in [0.2, 0.25) is 0 Å². The molecule has 0 heterocycles. The number of fused-ring (bicyclic) bond motifs is 2. The van der Waals surface area contributed by atoms with Crippen molar-refractivity contribution in [3.05, 3.63) is 35.4 Å². The summed E-state index contributed by atoms with van der Waals surface area (Å²) in [5, 5.41) is 0. The summed E-state index contributed by atoms with van der Waals surface area (Å²) in [5.41, 5.74) is 13.2. The Morgan fingerprint density at radius 1 is 1.25 bits per heavy atom. The van der Waals surface area contributed by atoms with E-state index in [9.17, 15) is 4.79 Å². The van der Waals surface area contributed by atoms with Crippen molar-refractivity contribution >= 4 is 11.9 Å². The maximum atomic E-state index is 12.4. The van der Waals surface area contributed by atoms with E-state index >= 15 is 0 Å². The molecule has 4 heteroatoms. The lowest BCUT2D eigenvalue weighted by Gasteiger charge is -2.29. The highest BCUT2D eigenvalue weighted by atomic mass is 16.1. The smallest absolute Gasteiger partial charge is 0.252 e. The molecule has 2 bridgehead atoms. The lowest BCUT2D eigenvalue weighted by atomic mass is 9.75. The average Bonchev–Trinajstić information content (AvgIpc) is 2.97. The van der Waals surface area contributed by atoms with Crippen LogP contribution in [0.1, 0.15) is 36.3 Å². The van der Waals surface area contributed by atoms with Crippen LogP contribution in [0.3, 0.4) is 0 Å². The molecule has 2 aliphatic rings. The number of carbonyl (C=O) groups excluding carboxylic acids is 1. The van der Waals surface area contributed by atoms with Crippen molar-refractivity contribution in [1.29, 1.82) is 0 Å². The maximum Gasteiger partial charge on any atom is 0.252 e. The van der Waals surface area contributed by atoms with Gasteiger partial charge in [0, 0.05) is 0 Å². The fraction of sp³-hybridized carbons (Fsp3) is 0.500. The third kappa shape index (κ3) is 2.19. The van der Waals surface area contributed by atoms with Crippen LogP contribution in [0.15, 0.2) is 29.3 Å². The van der Waals surface area contributed by atoms with Gasteiger partial charge in [-0.3, -0.25) is 4.79 Å². The molecule has 1 aromatic carbocycles. The van der Waals surface area contributed by atoms with E-state index < -0.39 is 0 Å². The predicted molar refractivity (Wildman–Crippen MR) is 79.1 cm³/mol. The number of hydrogen-bond acceptors (Lipinski definition) is 1. The zero-order chi connectivity index (χ0) is 14.3. The zero-order valence-corrected chi connectivity index (χ0v) is 11.8. The average molecular weight is 271 g/mol. The van der Waals surface area contributed by atoms with Crippen molar-refractivity contribution in [3.8, 4) is 0 Å². The van der Waals surface area contributed by atoms with E-state index in [1.165, 1.54) is 17.5 Å². The highest BCUT2D eigenvalue weighted by molar-refractivity contribution is 5.93. The molecule has 4 nitrogen and oxygen atoms in total. The Kier molecular flexibility index (Phi) is 3.24. The van der Waals surface area contributed by atoms with Crippen LogP contribution in [0, 0.1) is 24.7 Å². The minimum atomic E-state index is -0.135. The Balaban J connectivity index is 1.95. The second-order valence-corrected chi connectivity index (χ2v) is 6.17. The maximum absolute atomic E-state index is 12.4. The first-order valence-corrected chi connectivity index (χ1v) is 7.26. The summed E-state index contributed by atoms with van der Waals surface area (Å²) in [6.07, 6.45) is 3.48. The van der Waals surface area contributed by atoms with Crippen LogP contribution >= 0.6 is 0 Å². The van der Waals surface area contributed by atoms with Crippen molar-refractivity contribution in [1.82, 2.24) is 0 Å². The Bertz CT molecular complexity index is 563. The van der Waals surface area contributed by atoms with Gasteiger partial charge < -0.3 is 11.5 Å². The summed E-state index contributed by atoms with van der Waals surface area (Å²) in [4.78, 5) is 16.2. The van der Waals surface area contributed by atoms with E-state index in [2.05, 4.69) is 36.2 Å². The lowest BCUT2D eigenvalue weighted by molar-refractivity contribution is -0.123. The molecule has 0 aliphatic heterocycles. The molecule has 4 N–H and O–H groups in total. The second-order valence-electron chi connectivity index (χ2n) is 6.17. The number of benzene rings is 1. The van der Waals surface area contributed by atoms with Gasteiger partial charge in [-0.1, -0.05) is 29.8 Å². The van der Waals surface area contributed by atoms with Crippen LogP contribution in [0.25, 0.3) is 0 Å². The number of amides is 1. The minimum Gasteiger partial charge on any atom is -0.370 e. The molecule has 2 saturated carbocycles. The van der Waals surface area contributed by atoms with E-state index in [1.807, 2.05) is 0 Å². The molecule has 3 rings (SSSR count). The Morgan fingerprint density at radius 3 is 2.70 bits per heavy atom. The van der Waals surface area contributed by atoms with E-state index in [1.54, 1.807) is 0 Å². The standard InChI is InChI=1S/C16H21N3O/c1-9-3-2-4-10(7-9)13-11-5-6-12(8-11)14(13)15(20)19-16(17)18/h2-4,7,11-14H,5-6,8H2,1H3,(H4,17,18,19,20). The van der Waals surface area contributed by atoms with Gasteiger partial charge in [0.05, 0.1) is 5.92 Å². The largest absolute Gasteiger partial charge is 0.370 e. The highest BCUT2D eigenvalue weighted by Crippen LogP contribution is 2.57. The molecule has 2 aliphatic carbocycles. The van der Waals surface area contributed by atoms with E-state index in [0.717, 1.165) is 12.8 Å². The van der Waals surface area contributed by atoms with Crippen molar-refractivity contribution in [3.63, 3.8) is 0 Å². The van der Waals surface area contributed by atoms with Gasteiger partial charge in [-0.15, -0.1) is 0 Å². The molecule has 4 atom stereocenters. The Labute approximate surface area is 119 Å². The normalized spacial score (nSPS) is 31.2. The lowest BCUT2D eigenvalue weighted by Crippen LogP contribution is -2.31. The van der Waals surface area contributed by atoms with Crippen LogP contribution < -0.4 is 11.5 Å². The molecular formula is C16H21N3O. The van der Waals surface area contributed by atoms with Crippen LogP contribution in [0.5, 0.6) is 0 Å². The van der Waals surface area contributed by atoms with Crippen molar-refractivity contribution in [2.75, 3.05) is 0 Å². The first-order chi connectivity index (χ1) is 9.56. The molecule has 106 valence electrons. The number of nitrogens with zero attached hydrogens (tertiary/aromatic N) is 1. The fourth-order valence-electron chi connectivity index (χ4n) is 4.21. The number of aliphatic imine (C=N–C) groups is 1. The first kappa shape index (κ1) is 13.2. The second kappa shape index (κ2) is 4.93. The van der Waals surface area contributed by atoms with Gasteiger partial charge in [0.1, 0.15) is 0 Å². The number of guanidine groups is 1. The Hall–Kier alpha value is -1.84. The zero-order valence-electron chi connectivity index (χ0n) is 11.8. The van der Waals surface area contributed by atoms with Crippen LogP contribution in [0.4, 0.5) is 0 Å². The molecule has 1 aromatic rings. The molecule has 4 unspecified atom stereocenters. The fourth-order valence-corrected chi connectivity index (χ4v) is 4.21. The summed E-state index contributed by atoms with van der Waals surface area (Å²) in [7, 11) is 0. The SMILES string of the molecule is Cc1cccc(C2C3CCC(C3)C2C(=O)N=C(N)N)c1. The predicted octanol–water partition coefficient (Wildman–Crippen LogP) is 1.92. The van der Waals surface area contributed by atoms with Crippen molar-refractivity contribution in [2.24, 2.45) is 34.2 Å². The Morgan fingerprint density at radius 2 is 2.00 bits per heavy atom. The molecule has 0 spiro atoms. The van der Waals surface area contributed by atoms with Gasteiger partial charge >= 0.3 is 0 Å². The number of carbonyl (C=O) groups is 1. The highest BCUT2D eigenvalue weighted by Gasteiger charge is 2.51. The quantitative estimate of drug-likeness (QED) is 0.637. The van der Waals surface area contributed by atoms with Gasteiger partial charge in [0.25, 0.3) is 5.91 Å². The van der Waals surface area contributed by atoms with Crippen molar-refractivity contribution in [2.45, 2.75) is 32.1 Å². The number of rotatable bonds is 2. The summed E-state index contributed by atoms with van der Waals surface area (Å²) in [6.45, 7) is 2.09. The molecule has 0 saturated heterocycles. The summed E-state index contributed by atoms with van der Waals surface area (Å²) < 4.78 is 0. The van der Waals surface area contributed by atoms with Gasteiger partial charge in [-0.05, 0) is 49.5 Å².